The third kappa shape index (κ3) is 5.33. The molecule has 0 aliphatic rings. The molecule has 0 atom stereocenters. The lowest BCUT2D eigenvalue weighted by Gasteiger charge is -1.99. The van der Waals surface area contributed by atoms with Crippen LogP contribution in [0.4, 0.5) is 4.79 Å². The molecule has 1 aromatic rings. The molecule has 0 fully saturated rings. The second-order valence-corrected chi connectivity index (χ2v) is 2.20. The van der Waals surface area contributed by atoms with Crippen molar-refractivity contribution in [3.63, 3.8) is 0 Å². The molecule has 0 saturated heterocycles. The highest BCUT2D eigenvalue weighted by atomic mass is 16.2. The van der Waals surface area contributed by atoms with E-state index in [9.17, 15) is 4.79 Å². The summed E-state index contributed by atoms with van der Waals surface area (Å²) in [7, 11) is 0. The quantitative estimate of drug-likeness (QED) is 0.651. The topological polar surface area (TPSA) is 55.1 Å². The zero-order valence-electron chi connectivity index (χ0n) is 7.23. The lowest BCUT2D eigenvalue weighted by Crippen LogP contribution is -2.28. The van der Waals surface area contributed by atoms with Crippen molar-refractivity contribution >= 4 is 6.03 Å². The normalized spacial score (nSPS) is 7.85. The monoisotopic (exact) mass is 176 g/mol. The van der Waals surface area contributed by atoms with E-state index in [0.717, 1.165) is 5.56 Å². The van der Waals surface area contributed by atoms with E-state index in [2.05, 4.69) is 18.2 Å². The third-order valence-electron chi connectivity index (χ3n) is 1.31. The van der Waals surface area contributed by atoms with Gasteiger partial charge in [-0.05, 0) is 5.56 Å². The first-order chi connectivity index (χ1) is 6.29. The van der Waals surface area contributed by atoms with E-state index < -0.39 is 6.03 Å². The fraction of sp³-hybridized carbons (Fsp3) is 0.100. The number of carbonyl (C=O) groups excluding carboxylic acids is 1. The molecule has 0 heterocycles. The molecule has 1 aromatic carbocycles. The second kappa shape index (κ2) is 6.74. The summed E-state index contributed by atoms with van der Waals surface area (Å²) in [5.74, 6) is 0. The van der Waals surface area contributed by atoms with Gasteiger partial charge in [-0.25, -0.2) is 4.79 Å². The van der Waals surface area contributed by atoms with Gasteiger partial charge < -0.3 is 11.1 Å². The number of primary amides is 1. The molecule has 0 aliphatic carbocycles. The second-order valence-electron chi connectivity index (χ2n) is 2.20. The van der Waals surface area contributed by atoms with Crippen LogP contribution in [0.25, 0.3) is 0 Å². The lowest BCUT2D eigenvalue weighted by molar-refractivity contribution is 0.248. The Bertz CT molecular complexity index is 267. The Morgan fingerprint density at radius 2 is 1.85 bits per heavy atom. The van der Waals surface area contributed by atoms with E-state index in [1.807, 2.05) is 30.3 Å². The van der Waals surface area contributed by atoms with Gasteiger partial charge in [0, 0.05) is 6.54 Å². The van der Waals surface area contributed by atoms with Crippen LogP contribution >= 0.6 is 0 Å². The summed E-state index contributed by atoms with van der Waals surface area (Å²) >= 11 is 0. The lowest BCUT2D eigenvalue weighted by atomic mass is 10.2. The van der Waals surface area contributed by atoms with E-state index in [1.54, 1.807) is 0 Å². The number of benzene rings is 1. The van der Waals surface area contributed by atoms with Crippen molar-refractivity contribution in [1.82, 2.24) is 5.32 Å². The number of nitrogens with one attached hydrogen (secondary N) is 1. The average Bonchev–Trinajstić information content (AvgIpc) is 2.19. The van der Waals surface area contributed by atoms with Crippen molar-refractivity contribution in [3.05, 3.63) is 35.9 Å². The summed E-state index contributed by atoms with van der Waals surface area (Å²) in [6.45, 7) is 0.496. The van der Waals surface area contributed by atoms with E-state index in [-0.39, 0.29) is 0 Å². The van der Waals surface area contributed by atoms with Crippen molar-refractivity contribution in [2.45, 2.75) is 6.54 Å². The van der Waals surface area contributed by atoms with Crippen molar-refractivity contribution < 1.29 is 4.79 Å². The van der Waals surface area contributed by atoms with Crippen LogP contribution in [0.1, 0.15) is 5.56 Å². The summed E-state index contributed by atoms with van der Waals surface area (Å²) in [5.41, 5.74) is 5.94. The highest BCUT2D eigenvalue weighted by Crippen LogP contribution is 1.96. The number of hydrogen-bond donors (Lipinski definition) is 2. The van der Waals surface area contributed by atoms with Crippen LogP contribution in [0.15, 0.2) is 30.3 Å². The molecule has 0 aliphatic heterocycles. The molecule has 3 N–H and O–H groups in total. The standard InChI is InChI=1S/C8H10N2O.C2H2/c9-8(11)10-6-7-4-2-1-3-5-7;1-2/h1-5H,6H2,(H3,9,10,11);1-2H. The SMILES string of the molecule is C#C.NC(=O)NCc1ccccc1. The number of hydrogen-bond acceptors (Lipinski definition) is 1. The van der Waals surface area contributed by atoms with Crippen LogP contribution in [-0.2, 0) is 6.54 Å². The fourth-order valence-corrected chi connectivity index (χ4v) is 0.785. The molecule has 0 saturated carbocycles. The molecule has 68 valence electrons. The Hall–Kier alpha value is -1.95. The van der Waals surface area contributed by atoms with Crippen LogP contribution in [0.5, 0.6) is 0 Å². The van der Waals surface area contributed by atoms with Crippen molar-refractivity contribution in [3.8, 4) is 12.8 Å². The molecule has 3 nitrogen and oxygen atoms in total. The highest BCUT2D eigenvalue weighted by molar-refractivity contribution is 5.71. The van der Waals surface area contributed by atoms with E-state index in [1.165, 1.54) is 0 Å². The summed E-state index contributed by atoms with van der Waals surface area (Å²) in [4.78, 5) is 10.3. The van der Waals surface area contributed by atoms with Gasteiger partial charge in [0.2, 0.25) is 0 Å². The molecular weight excluding hydrogens is 164 g/mol. The maximum Gasteiger partial charge on any atom is 0.312 e. The Balaban J connectivity index is 0.000000671. The number of carbonyl (C=O) groups is 1. The molecule has 0 aromatic heterocycles. The molecule has 2 amide bonds. The number of amides is 2. The number of rotatable bonds is 2. The van der Waals surface area contributed by atoms with E-state index in [0.29, 0.717) is 6.54 Å². The molecular formula is C10H12N2O. The highest BCUT2D eigenvalue weighted by Gasteiger charge is 1.91. The van der Waals surface area contributed by atoms with Crippen molar-refractivity contribution in [2.75, 3.05) is 0 Å². The van der Waals surface area contributed by atoms with Crippen LogP contribution in [0.3, 0.4) is 0 Å². The molecule has 0 radical (unpaired) electrons. The van der Waals surface area contributed by atoms with Gasteiger partial charge in [0.15, 0.2) is 0 Å². The van der Waals surface area contributed by atoms with Crippen LogP contribution in [0.2, 0.25) is 0 Å². The van der Waals surface area contributed by atoms with Crippen LogP contribution < -0.4 is 11.1 Å². The van der Waals surface area contributed by atoms with Gasteiger partial charge >= 0.3 is 6.03 Å². The predicted molar refractivity (Wildman–Crippen MR) is 52.8 cm³/mol. The average molecular weight is 176 g/mol. The van der Waals surface area contributed by atoms with Crippen molar-refractivity contribution in [2.24, 2.45) is 5.73 Å². The van der Waals surface area contributed by atoms with Crippen LogP contribution in [-0.4, -0.2) is 6.03 Å². The van der Waals surface area contributed by atoms with Crippen molar-refractivity contribution in [1.29, 1.82) is 0 Å². The first-order valence-electron chi connectivity index (χ1n) is 3.69. The summed E-state index contributed by atoms with van der Waals surface area (Å²) in [6, 6.07) is 9.12. The maximum atomic E-state index is 10.3. The Labute approximate surface area is 77.9 Å². The molecule has 13 heavy (non-hydrogen) atoms. The molecule has 3 heteroatoms. The number of nitrogens with two attached hydrogens (primary N) is 1. The third-order valence-corrected chi connectivity index (χ3v) is 1.31. The van der Waals surface area contributed by atoms with Crippen LogP contribution in [0, 0.1) is 12.8 Å². The van der Waals surface area contributed by atoms with Gasteiger partial charge in [-0.15, -0.1) is 12.8 Å². The maximum absolute atomic E-state index is 10.3. The van der Waals surface area contributed by atoms with Gasteiger partial charge in [-0.1, -0.05) is 30.3 Å². The smallest absolute Gasteiger partial charge is 0.312 e. The van der Waals surface area contributed by atoms with Gasteiger partial charge in [-0.3, -0.25) is 0 Å². The minimum Gasteiger partial charge on any atom is -0.352 e. The minimum absolute atomic E-state index is 0.492. The number of urea groups is 1. The minimum atomic E-state index is -0.492. The van der Waals surface area contributed by atoms with E-state index >= 15 is 0 Å². The summed E-state index contributed by atoms with van der Waals surface area (Å²) < 4.78 is 0. The number of terminal acetylenes is 1. The largest absolute Gasteiger partial charge is 0.352 e. The molecule has 0 spiro atoms. The van der Waals surface area contributed by atoms with Gasteiger partial charge in [-0.2, -0.15) is 0 Å². The molecule has 0 unspecified atom stereocenters. The Morgan fingerprint density at radius 1 is 1.31 bits per heavy atom. The Kier molecular flexibility index (Phi) is 5.73. The van der Waals surface area contributed by atoms with Gasteiger partial charge in [0.1, 0.15) is 0 Å². The summed E-state index contributed by atoms with van der Waals surface area (Å²) in [5, 5.41) is 2.50. The summed E-state index contributed by atoms with van der Waals surface area (Å²) in [6.07, 6.45) is 8.00. The zero-order valence-corrected chi connectivity index (χ0v) is 7.23. The first kappa shape index (κ1) is 11.1. The molecule has 1 rings (SSSR count). The predicted octanol–water partition coefficient (Wildman–Crippen LogP) is 1.10. The Morgan fingerprint density at radius 3 is 2.31 bits per heavy atom. The van der Waals surface area contributed by atoms with Gasteiger partial charge in [0.25, 0.3) is 0 Å². The molecule has 0 bridgehead atoms. The van der Waals surface area contributed by atoms with E-state index in [4.69, 9.17) is 5.73 Å². The first-order valence-corrected chi connectivity index (χ1v) is 3.69. The fourth-order valence-electron chi connectivity index (χ4n) is 0.785. The zero-order chi connectivity index (χ0) is 10.1. The van der Waals surface area contributed by atoms with Gasteiger partial charge in [0.05, 0.1) is 0 Å².